The minimum atomic E-state index is -0.379. The van der Waals surface area contributed by atoms with Gasteiger partial charge in [0.05, 0.1) is 24.4 Å². The predicted octanol–water partition coefficient (Wildman–Crippen LogP) is 7.84. The molecule has 216 valence electrons. The lowest BCUT2D eigenvalue weighted by atomic mass is 10.1. The van der Waals surface area contributed by atoms with Crippen molar-refractivity contribution in [2.75, 3.05) is 6.61 Å². The molecule has 0 N–H and O–H groups in total. The summed E-state index contributed by atoms with van der Waals surface area (Å²) in [6, 6.07) is 0. The van der Waals surface area contributed by atoms with E-state index in [1.54, 1.807) is 6.92 Å². The molecule has 2 saturated heterocycles. The molecular weight excluding hydrogens is 468 g/mol. The van der Waals surface area contributed by atoms with Gasteiger partial charge in [-0.2, -0.15) is 0 Å². The minimum Gasteiger partial charge on any atom is -0.462 e. The van der Waals surface area contributed by atoms with Crippen molar-refractivity contribution < 1.29 is 28.5 Å². The Labute approximate surface area is 226 Å². The van der Waals surface area contributed by atoms with Gasteiger partial charge in [0.15, 0.2) is 0 Å². The Morgan fingerprint density at radius 3 is 1.35 bits per heavy atom. The molecular formula is C31H56O6. The first-order valence-corrected chi connectivity index (χ1v) is 15.6. The van der Waals surface area contributed by atoms with E-state index in [9.17, 15) is 9.59 Å². The molecule has 0 radical (unpaired) electrons. The van der Waals surface area contributed by atoms with Crippen LogP contribution in [0.4, 0.5) is 0 Å². The van der Waals surface area contributed by atoms with E-state index in [0.29, 0.717) is 37.3 Å². The number of ether oxygens (including phenoxy) is 4. The van der Waals surface area contributed by atoms with E-state index in [1.807, 2.05) is 0 Å². The van der Waals surface area contributed by atoms with E-state index in [4.69, 9.17) is 18.9 Å². The van der Waals surface area contributed by atoms with Crippen molar-refractivity contribution >= 4 is 11.9 Å². The van der Waals surface area contributed by atoms with Gasteiger partial charge in [0.1, 0.15) is 12.7 Å². The Morgan fingerprint density at radius 2 is 0.946 bits per heavy atom. The van der Waals surface area contributed by atoms with Crippen LogP contribution in [0.3, 0.4) is 0 Å². The largest absolute Gasteiger partial charge is 0.462 e. The van der Waals surface area contributed by atoms with Crippen LogP contribution in [-0.2, 0) is 28.5 Å². The summed E-state index contributed by atoms with van der Waals surface area (Å²) in [6.45, 7) is 6.24. The molecule has 2 aliphatic rings. The van der Waals surface area contributed by atoms with E-state index in [2.05, 4.69) is 13.8 Å². The average molecular weight is 525 g/mol. The minimum absolute atomic E-state index is 0.154. The van der Waals surface area contributed by atoms with Gasteiger partial charge in [0.25, 0.3) is 0 Å². The topological polar surface area (TPSA) is 77.7 Å². The summed E-state index contributed by atoms with van der Waals surface area (Å²) < 4.78 is 21.6. The molecule has 2 heterocycles. The summed E-state index contributed by atoms with van der Waals surface area (Å²) in [7, 11) is 0. The van der Waals surface area contributed by atoms with E-state index in [0.717, 1.165) is 25.7 Å². The van der Waals surface area contributed by atoms with Crippen molar-refractivity contribution in [3.8, 4) is 0 Å². The Kier molecular flexibility index (Phi) is 17.2. The van der Waals surface area contributed by atoms with E-state index in [-0.39, 0.29) is 24.6 Å². The van der Waals surface area contributed by atoms with Crippen LogP contribution < -0.4 is 0 Å². The van der Waals surface area contributed by atoms with Crippen LogP contribution in [0.25, 0.3) is 0 Å². The number of esters is 2. The van der Waals surface area contributed by atoms with Crippen LogP contribution in [0.1, 0.15) is 149 Å². The van der Waals surface area contributed by atoms with Crippen molar-refractivity contribution in [3.05, 3.63) is 0 Å². The number of carbonyl (C=O) groups excluding carboxylic acids is 2. The van der Waals surface area contributed by atoms with Crippen molar-refractivity contribution in [3.63, 3.8) is 0 Å². The zero-order valence-corrected chi connectivity index (χ0v) is 24.2. The van der Waals surface area contributed by atoms with Crippen LogP contribution in [0.15, 0.2) is 0 Å². The third-order valence-corrected chi connectivity index (χ3v) is 7.72. The van der Waals surface area contributed by atoms with Gasteiger partial charge in [-0.3, -0.25) is 9.59 Å². The molecule has 2 aliphatic heterocycles. The standard InChI is InChI=1S/C31H56O6/c1-25(35-31(33)23-19-15-11-7-5-9-13-17-21-29-27(3)37-29)24-34-30(32)22-18-14-10-6-4-8-12-16-20-28-26(2)36-28/h25-29H,4-24H2,1-3H3. The monoisotopic (exact) mass is 524 g/mol. The molecule has 0 amide bonds. The molecule has 5 atom stereocenters. The van der Waals surface area contributed by atoms with Crippen LogP contribution in [0, 0.1) is 0 Å². The number of hydrogen-bond acceptors (Lipinski definition) is 6. The second kappa shape index (κ2) is 19.9. The lowest BCUT2D eigenvalue weighted by Gasteiger charge is -2.13. The summed E-state index contributed by atoms with van der Waals surface area (Å²) in [6.07, 6.45) is 24.1. The lowest BCUT2D eigenvalue weighted by Crippen LogP contribution is -2.22. The molecule has 6 heteroatoms. The maximum atomic E-state index is 12.0. The fraction of sp³-hybridized carbons (Fsp3) is 0.935. The highest BCUT2D eigenvalue weighted by Crippen LogP contribution is 2.27. The molecule has 0 spiro atoms. The van der Waals surface area contributed by atoms with Crippen LogP contribution in [0.5, 0.6) is 0 Å². The first-order valence-electron chi connectivity index (χ1n) is 15.6. The van der Waals surface area contributed by atoms with Crippen LogP contribution >= 0.6 is 0 Å². The Hall–Kier alpha value is -1.14. The number of rotatable bonds is 25. The van der Waals surface area contributed by atoms with Crippen molar-refractivity contribution in [2.45, 2.75) is 180 Å². The summed E-state index contributed by atoms with van der Waals surface area (Å²) in [5.74, 6) is -0.370. The lowest BCUT2D eigenvalue weighted by molar-refractivity contribution is -0.158. The molecule has 0 aromatic carbocycles. The van der Waals surface area contributed by atoms with Crippen LogP contribution in [-0.4, -0.2) is 49.1 Å². The highest BCUT2D eigenvalue weighted by atomic mass is 16.6. The molecule has 0 aliphatic carbocycles. The molecule has 0 bridgehead atoms. The molecule has 0 aromatic rings. The zero-order valence-electron chi connectivity index (χ0n) is 24.2. The summed E-state index contributed by atoms with van der Waals surface area (Å²) >= 11 is 0. The van der Waals surface area contributed by atoms with Crippen molar-refractivity contribution in [2.24, 2.45) is 0 Å². The molecule has 2 rings (SSSR count). The van der Waals surface area contributed by atoms with Gasteiger partial charge in [-0.1, -0.05) is 89.9 Å². The second-order valence-electron chi connectivity index (χ2n) is 11.5. The molecule has 6 nitrogen and oxygen atoms in total. The van der Waals surface area contributed by atoms with Crippen LogP contribution in [0.2, 0.25) is 0 Å². The van der Waals surface area contributed by atoms with Gasteiger partial charge in [-0.25, -0.2) is 0 Å². The zero-order chi connectivity index (χ0) is 26.7. The number of hydrogen-bond donors (Lipinski definition) is 0. The molecule has 37 heavy (non-hydrogen) atoms. The fourth-order valence-corrected chi connectivity index (χ4v) is 5.02. The predicted molar refractivity (Wildman–Crippen MR) is 148 cm³/mol. The van der Waals surface area contributed by atoms with Gasteiger partial charge in [0.2, 0.25) is 0 Å². The second-order valence-corrected chi connectivity index (χ2v) is 11.5. The summed E-state index contributed by atoms with van der Waals surface area (Å²) in [5, 5.41) is 0. The first-order chi connectivity index (χ1) is 18.0. The smallest absolute Gasteiger partial charge is 0.306 e. The van der Waals surface area contributed by atoms with Gasteiger partial charge < -0.3 is 18.9 Å². The van der Waals surface area contributed by atoms with Gasteiger partial charge in [0, 0.05) is 12.8 Å². The van der Waals surface area contributed by atoms with Crippen molar-refractivity contribution in [1.29, 1.82) is 0 Å². The number of carbonyl (C=O) groups is 2. The van der Waals surface area contributed by atoms with Crippen molar-refractivity contribution in [1.82, 2.24) is 0 Å². The SMILES string of the molecule is CC(COC(=O)CCCCCCCCCCC1OC1C)OC(=O)CCCCCCCCCCC1OC1C. The van der Waals surface area contributed by atoms with Gasteiger partial charge in [-0.15, -0.1) is 0 Å². The Balaban J connectivity index is 1.27. The Bertz CT molecular complexity index is 609. The third kappa shape index (κ3) is 17.9. The van der Waals surface area contributed by atoms with E-state index >= 15 is 0 Å². The first kappa shape index (κ1) is 32.1. The molecule has 5 unspecified atom stereocenters. The van der Waals surface area contributed by atoms with Gasteiger partial charge >= 0.3 is 11.9 Å². The van der Waals surface area contributed by atoms with Gasteiger partial charge in [-0.05, 0) is 46.5 Å². The normalized spacial score (nSPS) is 23.0. The maximum Gasteiger partial charge on any atom is 0.306 e. The number of unbranched alkanes of at least 4 members (excludes halogenated alkanes) is 14. The van der Waals surface area contributed by atoms with E-state index in [1.165, 1.54) is 89.9 Å². The molecule has 0 aromatic heterocycles. The highest BCUT2D eigenvalue weighted by Gasteiger charge is 2.33. The maximum absolute atomic E-state index is 12.0. The highest BCUT2D eigenvalue weighted by molar-refractivity contribution is 5.70. The summed E-state index contributed by atoms with van der Waals surface area (Å²) in [4.78, 5) is 24.0. The fourth-order valence-electron chi connectivity index (χ4n) is 5.02. The third-order valence-electron chi connectivity index (χ3n) is 7.72. The molecule has 0 saturated carbocycles. The summed E-state index contributed by atoms with van der Waals surface area (Å²) in [5.41, 5.74) is 0. The van der Waals surface area contributed by atoms with E-state index < -0.39 is 0 Å². The quantitative estimate of drug-likeness (QED) is 0.0688. The molecule has 2 fully saturated rings. The Morgan fingerprint density at radius 1 is 0.595 bits per heavy atom. The number of epoxide rings is 2. The average Bonchev–Trinajstić information content (AvgIpc) is 3.77.